The van der Waals surface area contributed by atoms with Gasteiger partial charge in [0.1, 0.15) is 5.69 Å². The molecule has 0 spiro atoms. The highest BCUT2D eigenvalue weighted by Crippen LogP contribution is 2.24. The van der Waals surface area contributed by atoms with Gasteiger partial charge < -0.3 is 10.6 Å². The van der Waals surface area contributed by atoms with Crippen molar-refractivity contribution in [3.63, 3.8) is 0 Å². The van der Waals surface area contributed by atoms with Crippen LogP contribution >= 0.6 is 23.2 Å². The lowest BCUT2D eigenvalue weighted by Gasteiger charge is -2.13. The Hall–Kier alpha value is -3.81. The average Bonchev–Trinajstić information content (AvgIpc) is 3.18. The van der Waals surface area contributed by atoms with Gasteiger partial charge in [-0.25, -0.2) is 4.68 Å². The van der Waals surface area contributed by atoms with Crippen molar-refractivity contribution in [2.45, 2.75) is 13.3 Å². The highest BCUT2D eigenvalue weighted by molar-refractivity contribution is 6.42. The van der Waals surface area contributed by atoms with E-state index in [2.05, 4.69) is 16.1 Å². The number of anilines is 2. The van der Waals surface area contributed by atoms with Crippen LogP contribution in [-0.4, -0.2) is 22.4 Å². The number of fused-ring (bicyclic) bond motifs is 1. The number of rotatable bonds is 5. The van der Waals surface area contributed by atoms with Gasteiger partial charge in [0.15, 0.2) is 0 Å². The summed E-state index contributed by atoms with van der Waals surface area (Å²) in [7, 11) is 0. The van der Waals surface area contributed by atoms with E-state index < -0.39 is 17.7 Å². The Kier molecular flexibility index (Phi) is 6.86. The Morgan fingerprint density at radius 1 is 0.765 bits per heavy atom. The van der Waals surface area contributed by atoms with E-state index >= 15 is 0 Å². The molecule has 0 unspecified atom stereocenters. The van der Waals surface area contributed by atoms with Gasteiger partial charge in [-0.1, -0.05) is 42.3 Å². The first-order valence-electron chi connectivity index (χ1n) is 10.4. The molecule has 3 amide bonds. The van der Waals surface area contributed by atoms with Crippen molar-refractivity contribution >= 4 is 63.2 Å². The molecule has 0 bridgehead atoms. The summed E-state index contributed by atoms with van der Waals surface area (Å²) in [5.41, 5.74) is 5.28. The van der Waals surface area contributed by atoms with Gasteiger partial charge in [0.05, 0.1) is 5.52 Å². The first kappa shape index (κ1) is 23.4. The molecule has 0 aliphatic heterocycles. The quantitative estimate of drug-likeness (QED) is 0.321. The molecule has 4 aromatic rings. The van der Waals surface area contributed by atoms with Crippen molar-refractivity contribution in [1.29, 1.82) is 0 Å². The molecule has 3 N–H and O–H groups in total. The van der Waals surface area contributed by atoms with Gasteiger partial charge in [-0.15, -0.1) is 0 Å². The summed E-state index contributed by atoms with van der Waals surface area (Å²) in [6, 6.07) is 20.3. The summed E-state index contributed by atoms with van der Waals surface area (Å²) in [4.78, 5) is 38.2. The summed E-state index contributed by atoms with van der Waals surface area (Å²) < 4.78 is 1.27. The van der Waals surface area contributed by atoms with Gasteiger partial charge in [0.25, 0.3) is 5.91 Å². The largest absolute Gasteiger partial charge is 0.328 e. The zero-order valence-electron chi connectivity index (χ0n) is 18.1. The van der Waals surface area contributed by atoms with E-state index in [1.165, 1.54) is 4.68 Å². The van der Waals surface area contributed by atoms with Crippen LogP contribution < -0.4 is 16.1 Å². The van der Waals surface area contributed by atoms with Crippen molar-refractivity contribution in [3.8, 4) is 0 Å². The molecule has 7 nitrogen and oxygen atoms in total. The van der Waals surface area contributed by atoms with Crippen molar-refractivity contribution in [3.05, 3.63) is 94.1 Å². The highest BCUT2D eigenvalue weighted by Gasteiger charge is 2.21. The van der Waals surface area contributed by atoms with Crippen molar-refractivity contribution < 1.29 is 14.4 Å². The van der Waals surface area contributed by atoms with Gasteiger partial charge in [0.2, 0.25) is 0 Å². The van der Waals surface area contributed by atoms with Crippen molar-refractivity contribution in [2.75, 3.05) is 16.1 Å². The minimum Gasteiger partial charge on any atom is -0.321 e. The van der Waals surface area contributed by atoms with Gasteiger partial charge >= 0.3 is 11.8 Å². The molecule has 0 aliphatic rings. The molecule has 1 aromatic heterocycles. The van der Waals surface area contributed by atoms with Crippen LogP contribution in [0.3, 0.4) is 0 Å². The number of nitrogens with zero attached hydrogens (tertiary/aromatic N) is 1. The predicted molar refractivity (Wildman–Crippen MR) is 135 cm³/mol. The van der Waals surface area contributed by atoms with Crippen LogP contribution in [0.2, 0.25) is 10.0 Å². The maximum atomic E-state index is 13.1. The van der Waals surface area contributed by atoms with Crippen LogP contribution in [0.4, 0.5) is 11.4 Å². The van der Waals surface area contributed by atoms with Crippen LogP contribution in [0.15, 0.2) is 72.8 Å². The number of carbonyl (C=O) groups is 3. The lowest BCUT2D eigenvalue weighted by Crippen LogP contribution is -2.36. The molecule has 172 valence electrons. The van der Waals surface area contributed by atoms with E-state index in [-0.39, 0.29) is 5.69 Å². The van der Waals surface area contributed by atoms with E-state index in [0.29, 0.717) is 32.3 Å². The third kappa shape index (κ3) is 5.22. The molecule has 9 heteroatoms. The number of amides is 3. The third-order valence-corrected chi connectivity index (χ3v) is 5.63. The standard InChI is InChI=1S/C25H20Cl2N4O3/c1-2-15-3-8-19(9-4-15)28-23(32)22-14-16-13-18(27)7-12-21(16)31(22)30-25(34)24(33)29-20-10-5-17(26)6-11-20/h3-14H,2H2,1H3,(H,28,32)(H,29,33)(H,30,34). The fourth-order valence-electron chi connectivity index (χ4n) is 3.37. The summed E-state index contributed by atoms with van der Waals surface area (Å²) in [5, 5.41) is 6.90. The normalized spacial score (nSPS) is 10.7. The first-order chi connectivity index (χ1) is 16.3. The van der Waals surface area contributed by atoms with Crippen LogP contribution in [-0.2, 0) is 16.0 Å². The maximum absolute atomic E-state index is 13.1. The van der Waals surface area contributed by atoms with Crippen molar-refractivity contribution in [2.24, 2.45) is 0 Å². The minimum absolute atomic E-state index is 0.129. The lowest BCUT2D eigenvalue weighted by molar-refractivity contribution is -0.133. The van der Waals surface area contributed by atoms with Crippen LogP contribution in [0.1, 0.15) is 23.0 Å². The second-order valence-electron chi connectivity index (χ2n) is 7.47. The molecular formula is C25H20Cl2N4O3. The number of benzene rings is 3. The SMILES string of the molecule is CCc1ccc(NC(=O)c2cc3cc(Cl)ccc3n2NC(=O)C(=O)Nc2ccc(Cl)cc2)cc1. The van der Waals surface area contributed by atoms with E-state index in [1.807, 2.05) is 19.1 Å². The predicted octanol–water partition coefficient (Wildman–Crippen LogP) is 5.47. The summed E-state index contributed by atoms with van der Waals surface area (Å²) >= 11 is 12.0. The van der Waals surface area contributed by atoms with Crippen LogP contribution in [0, 0.1) is 0 Å². The zero-order valence-corrected chi connectivity index (χ0v) is 19.6. The van der Waals surface area contributed by atoms with Crippen LogP contribution in [0.25, 0.3) is 10.9 Å². The third-order valence-electron chi connectivity index (χ3n) is 5.14. The van der Waals surface area contributed by atoms with E-state index in [9.17, 15) is 14.4 Å². The smallest absolute Gasteiger partial charge is 0.321 e. The highest BCUT2D eigenvalue weighted by atomic mass is 35.5. The topological polar surface area (TPSA) is 92.2 Å². The Morgan fingerprint density at radius 2 is 1.38 bits per heavy atom. The van der Waals surface area contributed by atoms with Gasteiger partial charge in [-0.3, -0.25) is 19.8 Å². The van der Waals surface area contributed by atoms with E-state index in [0.717, 1.165) is 12.0 Å². The molecule has 4 rings (SSSR count). The van der Waals surface area contributed by atoms with E-state index in [1.54, 1.807) is 60.7 Å². The van der Waals surface area contributed by atoms with Crippen molar-refractivity contribution in [1.82, 2.24) is 4.68 Å². The van der Waals surface area contributed by atoms with Crippen LogP contribution in [0.5, 0.6) is 0 Å². The molecular weight excluding hydrogens is 475 g/mol. The molecule has 0 saturated carbocycles. The molecule has 0 atom stereocenters. The first-order valence-corrected chi connectivity index (χ1v) is 11.2. The number of carbonyl (C=O) groups excluding carboxylic acids is 3. The molecule has 0 radical (unpaired) electrons. The molecule has 0 fully saturated rings. The summed E-state index contributed by atoms with van der Waals surface area (Å²) in [6.45, 7) is 2.04. The maximum Gasteiger partial charge on any atom is 0.328 e. The number of aryl methyl sites for hydroxylation is 1. The Morgan fingerprint density at radius 3 is 2.06 bits per heavy atom. The molecule has 1 heterocycles. The minimum atomic E-state index is -0.955. The van der Waals surface area contributed by atoms with Gasteiger partial charge in [-0.05, 0) is 72.6 Å². The number of hydrogen-bond acceptors (Lipinski definition) is 3. The molecule has 0 aliphatic carbocycles. The Bertz CT molecular complexity index is 1380. The number of hydrogen-bond donors (Lipinski definition) is 3. The zero-order chi connectivity index (χ0) is 24.2. The molecule has 3 aromatic carbocycles. The number of aromatic nitrogens is 1. The van der Waals surface area contributed by atoms with E-state index in [4.69, 9.17) is 23.2 Å². The second kappa shape index (κ2) is 9.99. The fraction of sp³-hybridized carbons (Fsp3) is 0.0800. The lowest BCUT2D eigenvalue weighted by atomic mass is 10.1. The molecule has 0 saturated heterocycles. The van der Waals surface area contributed by atoms with Gasteiger partial charge in [-0.2, -0.15) is 0 Å². The Labute approximate surface area is 205 Å². The summed E-state index contributed by atoms with van der Waals surface area (Å²) in [6.07, 6.45) is 0.882. The number of halogens is 2. The average molecular weight is 495 g/mol. The Balaban J connectivity index is 1.60. The summed E-state index contributed by atoms with van der Waals surface area (Å²) in [5.74, 6) is -2.32. The fourth-order valence-corrected chi connectivity index (χ4v) is 3.67. The second-order valence-corrected chi connectivity index (χ2v) is 8.35. The monoisotopic (exact) mass is 494 g/mol. The number of nitrogens with one attached hydrogen (secondary N) is 3. The van der Waals surface area contributed by atoms with Gasteiger partial charge in [0, 0.05) is 26.8 Å². The molecule has 34 heavy (non-hydrogen) atoms.